The molecule has 0 saturated heterocycles. The second kappa shape index (κ2) is 10.7. The molecule has 0 fully saturated rings. The van der Waals surface area contributed by atoms with Crippen molar-refractivity contribution in [2.75, 3.05) is 16.0 Å². The van der Waals surface area contributed by atoms with Crippen molar-refractivity contribution in [3.8, 4) is 5.75 Å². The van der Waals surface area contributed by atoms with Crippen molar-refractivity contribution in [1.29, 1.82) is 0 Å². The van der Waals surface area contributed by atoms with E-state index in [4.69, 9.17) is 9.84 Å². The quantitative estimate of drug-likeness (QED) is 0.286. The number of benzene rings is 3. The molecule has 2 amide bonds. The molecule has 3 aromatic rings. The lowest BCUT2D eigenvalue weighted by Gasteiger charge is -2.29. The summed E-state index contributed by atoms with van der Waals surface area (Å²) < 4.78 is 5.81. The normalized spacial score (nSPS) is 14.6. The number of carbonyl (C=O) groups excluding carboxylic acids is 2. The van der Waals surface area contributed by atoms with Gasteiger partial charge in [-0.05, 0) is 93.3 Å². The molecule has 4 N–H and O–H groups in total. The van der Waals surface area contributed by atoms with Gasteiger partial charge in [0.15, 0.2) is 5.78 Å². The Kier molecular flexibility index (Phi) is 7.47. The summed E-state index contributed by atoms with van der Waals surface area (Å²) in [6, 6.07) is 19.5. The van der Waals surface area contributed by atoms with Gasteiger partial charge in [-0.15, -0.1) is 0 Å². The van der Waals surface area contributed by atoms with Gasteiger partial charge in [-0.3, -0.25) is 9.59 Å². The Balaban J connectivity index is 1.37. The monoisotopic (exact) mass is 501 g/mol. The van der Waals surface area contributed by atoms with Gasteiger partial charge in [-0.25, -0.2) is 4.79 Å². The smallest absolute Gasteiger partial charge is 0.323 e. The molecule has 0 spiro atoms. The first-order chi connectivity index (χ1) is 17.6. The number of anilines is 3. The van der Waals surface area contributed by atoms with E-state index in [9.17, 15) is 14.4 Å². The van der Waals surface area contributed by atoms with E-state index in [2.05, 4.69) is 16.0 Å². The van der Waals surface area contributed by atoms with Gasteiger partial charge in [0.2, 0.25) is 0 Å². The van der Waals surface area contributed by atoms with Crippen LogP contribution in [0.2, 0.25) is 0 Å². The fraction of sp³-hybridized carbons (Fsp3) is 0.276. The number of amides is 2. The Bertz CT molecular complexity index is 1320. The Morgan fingerprint density at radius 1 is 0.973 bits per heavy atom. The number of fused-ring (bicyclic) bond motifs is 1. The summed E-state index contributed by atoms with van der Waals surface area (Å²) in [5, 5.41) is 17.9. The predicted molar refractivity (Wildman–Crippen MR) is 144 cm³/mol. The van der Waals surface area contributed by atoms with Crippen molar-refractivity contribution in [3.63, 3.8) is 0 Å². The molecule has 37 heavy (non-hydrogen) atoms. The molecule has 1 heterocycles. The Morgan fingerprint density at radius 3 is 2.38 bits per heavy atom. The average molecular weight is 502 g/mol. The van der Waals surface area contributed by atoms with Crippen molar-refractivity contribution in [1.82, 2.24) is 0 Å². The van der Waals surface area contributed by atoms with Crippen LogP contribution in [0.15, 0.2) is 66.7 Å². The van der Waals surface area contributed by atoms with Gasteiger partial charge in [0, 0.05) is 22.6 Å². The summed E-state index contributed by atoms with van der Waals surface area (Å²) in [6.45, 7) is 5.55. The van der Waals surface area contributed by atoms with Crippen LogP contribution in [0.25, 0.3) is 0 Å². The number of Topliss-reactive ketones (excluding diaryl/α,β-unsaturated/α-hetero) is 1. The van der Waals surface area contributed by atoms with Crippen molar-refractivity contribution in [2.45, 2.75) is 51.7 Å². The number of para-hydroxylation sites is 1. The zero-order chi connectivity index (χ0) is 26.6. The maximum Gasteiger partial charge on any atom is 0.323 e. The number of ether oxygens (including phenoxy) is 1. The molecule has 0 bridgehead atoms. The first-order valence-corrected chi connectivity index (χ1v) is 12.2. The highest BCUT2D eigenvalue weighted by Crippen LogP contribution is 2.32. The van der Waals surface area contributed by atoms with E-state index in [0.29, 0.717) is 29.8 Å². The number of carbonyl (C=O) groups is 3. The van der Waals surface area contributed by atoms with Crippen molar-refractivity contribution < 1.29 is 24.2 Å². The number of hydrogen-bond donors (Lipinski definition) is 4. The lowest BCUT2D eigenvalue weighted by Crippen LogP contribution is -2.40. The van der Waals surface area contributed by atoms with Gasteiger partial charge in [0.25, 0.3) is 0 Å². The third-order valence-corrected chi connectivity index (χ3v) is 6.31. The molecule has 1 unspecified atom stereocenters. The largest absolute Gasteiger partial charge is 0.490 e. The molecule has 0 saturated carbocycles. The number of ketones is 1. The molecule has 3 aromatic carbocycles. The van der Waals surface area contributed by atoms with Gasteiger partial charge >= 0.3 is 12.0 Å². The second-order valence-electron chi connectivity index (χ2n) is 9.75. The topological polar surface area (TPSA) is 117 Å². The lowest BCUT2D eigenvalue weighted by molar-refractivity contribution is -0.139. The molecule has 0 aromatic heterocycles. The van der Waals surface area contributed by atoms with E-state index in [0.717, 1.165) is 22.5 Å². The van der Waals surface area contributed by atoms with Crippen molar-refractivity contribution in [3.05, 3.63) is 83.4 Å². The van der Waals surface area contributed by atoms with E-state index in [1.807, 2.05) is 63.2 Å². The summed E-state index contributed by atoms with van der Waals surface area (Å²) in [7, 11) is 0. The Morgan fingerprint density at radius 2 is 1.68 bits per heavy atom. The minimum absolute atomic E-state index is 0.0212. The van der Waals surface area contributed by atoms with E-state index in [1.54, 1.807) is 24.3 Å². The fourth-order valence-corrected chi connectivity index (χ4v) is 4.34. The Labute approximate surface area is 216 Å². The molecular weight excluding hydrogens is 470 g/mol. The first kappa shape index (κ1) is 25.8. The minimum atomic E-state index is -0.896. The molecule has 8 heteroatoms. The number of nitrogens with one attached hydrogen (secondary N) is 3. The lowest BCUT2D eigenvalue weighted by atomic mass is 9.92. The first-order valence-electron chi connectivity index (χ1n) is 12.2. The van der Waals surface area contributed by atoms with Gasteiger partial charge in [0.1, 0.15) is 11.9 Å². The van der Waals surface area contributed by atoms with Crippen LogP contribution in [0.1, 0.15) is 48.2 Å². The summed E-state index contributed by atoms with van der Waals surface area (Å²) >= 11 is 0. The molecular formula is C29H31N3O5. The van der Waals surface area contributed by atoms with Gasteiger partial charge in [-0.2, -0.15) is 0 Å². The molecule has 1 aliphatic heterocycles. The van der Waals surface area contributed by atoms with E-state index in [1.165, 1.54) is 0 Å². The highest BCUT2D eigenvalue weighted by atomic mass is 16.5. The zero-order valence-electron chi connectivity index (χ0n) is 21.1. The van der Waals surface area contributed by atoms with Crippen LogP contribution in [0, 0.1) is 6.92 Å². The van der Waals surface area contributed by atoms with E-state index in [-0.39, 0.29) is 24.3 Å². The van der Waals surface area contributed by atoms with Crippen LogP contribution >= 0.6 is 0 Å². The number of carboxylic acid groups (broad SMARTS) is 1. The highest BCUT2D eigenvalue weighted by molar-refractivity contribution is 6.05. The number of carboxylic acids is 1. The van der Waals surface area contributed by atoms with E-state index < -0.39 is 11.5 Å². The Hall–Kier alpha value is -4.33. The zero-order valence-corrected chi connectivity index (χ0v) is 21.1. The van der Waals surface area contributed by atoms with Crippen LogP contribution in [-0.4, -0.2) is 34.5 Å². The molecule has 192 valence electrons. The summed E-state index contributed by atoms with van der Waals surface area (Å²) in [5.41, 5.74) is 3.64. The van der Waals surface area contributed by atoms with Gasteiger partial charge in [-0.1, -0.05) is 18.2 Å². The fourth-order valence-electron chi connectivity index (χ4n) is 4.34. The van der Waals surface area contributed by atoms with Crippen LogP contribution in [0.5, 0.6) is 5.75 Å². The number of urea groups is 1. The maximum atomic E-state index is 13.3. The molecule has 1 atom stereocenters. The third-order valence-electron chi connectivity index (χ3n) is 6.31. The SMILES string of the molecule is Cc1ccccc1NC(=O)Nc1ccc(C(=O)C(C)(C)Nc2ccc3c(c2)CCC(CC(=O)O)O3)cc1. The second-order valence-corrected chi connectivity index (χ2v) is 9.75. The molecule has 4 rings (SSSR count). The summed E-state index contributed by atoms with van der Waals surface area (Å²) in [4.78, 5) is 36.6. The molecule has 0 aliphatic carbocycles. The number of rotatable bonds is 8. The highest BCUT2D eigenvalue weighted by Gasteiger charge is 2.29. The standard InChI is InChI=1S/C29H31N3O5/c1-18-6-4-5-7-24(18)31-28(36)30-21-11-8-19(9-12-21)27(35)29(2,3)32-22-13-15-25-20(16-22)10-14-23(37-25)17-26(33)34/h4-9,11-13,15-16,23,32H,10,14,17H2,1-3H3,(H,33,34)(H2,30,31,36). The molecule has 0 radical (unpaired) electrons. The minimum Gasteiger partial charge on any atom is -0.490 e. The molecule has 8 nitrogen and oxygen atoms in total. The van der Waals surface area contributed by atoms with Gasteiger partial charge in [0.05, 0.1) is 12.0 Å². The van der Waals surface area contributed by atoms with Crippen molar-refractivity contribution >= 4 is 34.8 Å². The summed E-state index contributed by atoms with van der Waals surface area (Å²) in [5.74, 6) is -0.290. The predicted octanol–water partition coefficient (Wildman–Crippen LogP) is 5.88. The number of hydrogen-bond acceptors (Lipinski definition) is 5. The number of aryl methyl sites for hydroxylation is 2. The van der Waals surface area contributed by atoms with Crippen LogP contribution in [0.3, 0.4) is 0 Å². The van der Waals surface area contributed by atoms with Crippen LogP contribution in [0.4, 0.5) is 21.9 Å². The van der Waals surface area contributed by atoms with Crippen molar-refractivity contribution in [2.24, 2.45) is 0 Å². The molecule has 1 aliphatic rings. The maximum absolute atomic E-state index is 13.3. The average Bonchev–Trinajstić information content (AvgIpc) is 2.85. The third kappa shape index (κ3) is 6.46. The summed E-state index contributed by atoms with van der Waals surface area (Å²) in [6.07, 6.45) is 0.997. The number of aliphatic carboxylic acids is 1. The van der Waals surface area contributed by atoms with Crippen LogP contribution < -0.4 is 20.7 Å². The van der Waals surface area contributed by atoms with Gasteiger partial charge < -0.3 is 25.8 Å². The van der Waals surface area contributed by atoms with E-state index >= 15 is 0 Å². The van der Waals surface area contributed by atoms with Crippen LogP contribution in [-0.2, 0) is 11.2 Å².